The summed E-state index contributed by atoms with van der Waals surface area (Å²) >= 11 is 0. The average Bonchev–Trinajstić information content (AvgIpc) is 2.96. The van der Waals surface area contributed by atoms with Crippen molar-refractivity contribution in [3.63, 3.8) is 0 Å². The molecule has 2 saturated carbocycles. The van der Waals surface area contributed by atoms with E-state index in [4.69, 9.17) is 15.9 Å². The van der Waals surface area contributed by atoms with Crippen molar-refractivity contribution >= 4 is 0 Å². The SMILES string of the molecule is C#CC1(c2ccc(OC)c(OC3CCCC3)c2)CC(O)C1. The second-order valence-electron chi connectivity index (χ2n) is 6.18. The van der Waals surface area contributed by atoms with Gasteiger partial charge in [0.2, 0.25) is 0 Å². The lowest BCUT2D eigenvalue weighted by Crippen LogP contribution is -2.43. The fraction of sp³-hybridized carbons (Fsp3) is 0.556. The summed E-state index contributed by atoms with van der Waals surface area (Å²) < 4.78 is 11.5. The molecule has 2 aliphatic carbocycles. The lowest BCUT2D eigenvalue weighted by molar-refractivity contribution is 0.0455. The van der Waals surface area contributed by atoms with Crippen LogP contribution in [-0.2, 0) is 5.41 Å². The smallest absolute Gasteiger partial charge is 0.161 e. The van der Waals surface area contributed by atoms with E-state index in [1.165, 1.54) is 12.8 Å². The van der Waals surface area contributed by atoms with Crippen LogP contribution in [0.1, 0.15) is 44.1 Å². The lowest BCUT2D eigenvalue weighted by Gasteiger charge is -2.42. The maximum absolute atomic E-state index is 9.62. The van der Waals surface area contributed by atoms with E-state index in [0.29, 0.717) is 12.8 Å². The normalized spacial score (nSPS) is 28.7. The van der Waals surface area contributed by atoms with Gasteiger partial charge in [-0.2, -0.15) is 0 Å². The summed E-state index contributed by atoms with van der Waals surface area (Å²) in [7, 11) is 1.65. The summed E-state index contributed by atoms with van der Waals surface area (Å²) in [6.45, 7) is 0. The first-order valence-electron chi connectivity index (χ1n) is 7.68. The summed E-state index contributed by atoms with van der Waals surface area (Å²) in [5.41, 5.74) is 0.698. The molecule has 112 valence electrons. The first-order chi connectivity index (χ1) is 10.2. The summed E-state index contributed by atoms with van der Waals surface area (Å²) in [6.07, 6.45) is 11.6. The van der Waals surface area contributed by atoms with Gasteiger partial charge in [0.1, 0.15) is 0 Å². The number of methoxy groups -OCH3 is 1. The fourth-order valence-electron chi connectivity index (χ4n) is 3.43. The average molecular weight is 286 g/mol. The van der Waals surface area contributed by atoms with Crippen LogP contribution >= 0.6 is 0 Å². The molecule has 1 N–H and O–H groups in total. The van der Waals surface area contributed by atoms with Gasteiger partial charge < -0.3 is 14.6 Å². The van der Waals surface area contributed by atoms with Gasteiger partial charge in [-0.15, -0.1) is 6.42 Å². The number of hydrogen-bond donors (Lipinski definition) is 1. The largest absolute Gasteiger partial charge is 0.493 e. The molecule has 0 bridgehead atoms. The number of ether oxygens (including phenoxy) is 2. The summed E-state index contributed by atoms with van der Waals surface area (Å²) in [5.74, 6) is 4.39. The number of rotatable bonds is 4. The van der Waals surface area contributed by atoms with E-state index in [0.717, 1.165) is 29.9 Å². The zero-order chi connectivity index (χ0) is 14.9. The van der Waals surface area contributed by atoms with Gasteiger partial charge in [0.25, 0.3) is 0 Å². The van der Waals surface area contributed by atoms with E-state index in [-0.39, 0.29) is 17.6 Å². The molecule has 3 heteroatoms. The van der Waals surface area contributed by atoms with Crippen LogP contribution in [0.3, 0.4) is 0 Å². The van der Waals surface area contributed by atoms with Gasteiger partial charge in [-0.1, -0.05) is 12.0 Å². The van der Waals surface area contributed by atoms with Crippen LogP contribution in [0.2, 0.25) is 0 Å². The standard InChI is InChI=1S/C18H22O3/c1-3-18(11-14(19)12-18)13-8-9-16(20-2)17(10-13)21-15-6-4-5-7-15/h1,8-10,14-15,19H,4-7,11-12H2,2H3. The van der Waals surface area contributed by atoms with Crippen molar-refractivity contribution in [3.05, 3.63) is 23.8 Å². The molecule has 2 fully saturated rings. The second kappa shape index (κ2) is 5.61. The maximum Gasteiger partial charge on any atom is 0.161 e. The molecule has 0 aliphatic heterocycles. The Labute approximate surface area is 126 Å². The fourth-order valence-corrected chi connectivity index (χ4v) is 3.43. The predicted molar refractivity (Wildman–Crippen MR) is 81.6 cm³/mol. The number of terminal acetylenes is 1. The summed E-state index contributed by atoms with van der Waals surface area (Å²) in [4.78, 5) is 0. The van der Waals surface area contributed by atoms with Crippen molar-refractivity contribution in [2.24, 2.45) is 0 Å². The molecule has 1 aromatic carbocycles. The van der Waals surface area contributed by atoms with Crippen LogP contribution in [0.4, 0.5) is 0 Å². The molecule has 2 aliphatic rings. The zero-order valence-electron chi connectivity index (χ0n) is 12.5. The molecular weight excluding hydrogens is 264 g/mol. The summed E-state index contributed by atoms with van der Waals surface area (Å²) in [6, 6.07) is 5.92. The Bertz CT molecular complexity index is 546. The highest BCUT2D eigenvalue weighted by Gasteiger charge is 2.44. The Hall–Kier alpha value is -1.66. The number of benzene rings is 1. The molecule has 3 nitrogen and oxygen atoms in total. The molecule has 0 radical (unpaired) electrons. The minimum absolute atomic E-state index is 0.280. The van der Waals surface area contributed by atoms with Gasteiger partial charge in [0.15, 0.2) is 11.5 Å². The van der Waals surface area contributed by atoms with Crippen molar-refractivity contribution in [1.82, 2.24) is 0 Å². The van der Waals surface area contributed by atoms with Crippen molar-refractivity contribution in [3.8, 4) is 23.8 Å². The molecule has 0 saturated heterocycles. The topological polar surface area (TPSA) is 38.7 Å². The predicted octanol–water partition coefficient (Wildman–Crippen LogP) is 3.04. The Morgan fingerprint density at radius 1 is 1.24 bits per heavy atom. The third-order valence-corrected chi connectivity index (χ3v) is 4.76. The van der Waals surface area contributed by atoms with E-state index < -0.39 is 0 Å². The van der Waals surface area contributed by atoms with Crippen LogP contribution in [0.25, 0.3) is 0 Å². The minimum atomic E-state index is -0.348. The highest BCUT2D eigenvalue weighted by molar-refractivity contribution is 5.49. The lowest BCUT2D eigenvalue weighted by atomic mass is 9.63. The highest BCUT2D eigenvalue weighted by atomic mass is 16.5. The molecule has 0 amide bonds. The van der Waals surface area contributed by atoms with E-state index in [2.05, 4.69) is 5.92 Å². The van der Waals surface area contributed by atoms with E-state index >= 15 is 0 Å². The zero-order valence-corrected chi connectivity index (χ0v) is 12.5. The van der Waals surface area contributed by atoms with Gasteiger partial charge in [0.05, 0.1) is 24.7 Å². The third-order valence-electron chi connectivity index (χ3n) is 4.76. The van der Waals surface area contributed by atoms with E-state index in [1.807, 2.05) is 18.2 Å². The Balaban J connectivity index is 1.87. The van der Waals surface area contributed by atoms with Crippen molar-refractivity contribution in [2.75, 3.05) is 7.11 Å². The Morgan fingerprint density at radius 2 is 1.95 bits per heavy atom. The quantitative estimate of drug-likeness (QED) is 0.865. The van der Waals surface area contributed by atoms with Crippen LogP contribution < -0.4 is 9.47 Å². The molecule has 0 spiro atoms. The monoisotopic (exact) mass is 286 g/mol. The first kappa shape index (κ1) is 14.3. The highest BCUT2D eigenvalue weighted by Crippen LogP contribution is 2.45. The molecule has 0 atom stereocenters. The van der Waals surface area contributed by atoms with Crippen LogP contribution in [0.15, 0.2) is 18.2 Å². The molecular formula is C18H22O3. The molecule has 0 aromatic heterocycles. The van der Waals surface area contributed by atoms with Gasteiger partial charge >= 0.3 is 0 Å². The third kappa shape index (κ3) is 2.61. The molecule has 0 unspecified atom stereocenters. The summed E-state index contributed by atoms with van der Waals surface area (Å²) in [5, 5.41) is 9.62. The number of aliphatic hydroxyl groups is 1. The number of hydrogen-bond acceptors (Lipinski definition) is 3. The molecule has 21 heavy (non-hydrogen) atoms. The van der Waals surface area contributed by atoms with Crippen LogP contribution in [-0.4, -0.2) is 24.4 Å². The first-order valence-corrected chi connectivity index (χ1v) is 7.68. The Morgan fingerprint density at radius 3 is 2.52 bits per heavy atom. The van der Waals surface area contributed by atoms with Gasteiger partial charge in [-0.05, 0) is 56.2 Å². The molecule has 3 rings (SSSR count). The van der Waals surface area contributed by atoms with Gasteiger partial charge in [-0.25, -0.2) is 0 Å². The maximum atomic E-state index is 9.62. The van der Waals surface area contributed by atoms with Crippen LogP contribution in [0, 0.1) is 12.3 Å². The van der Waals surface area contributed by atoms with Crippen molar-refractivity contribution in [1.29, 1.82) is 0 Å². The van der Waals surface area contributed by atoms with E-state index in [1.54, 1.807) is 7.11 Å². The molecule has 0 heterocycles. The Kier molecular flexibility index (Phi) is 3.82. The van der Waals surface area contributed by atoms with Crippen molar-refractivity contribution in [2.45, 2.75) is 56.1 Å². The number of aliphatic hydroxyl groups excluding tert-OH is 1. The molecule has 1 aromatic rings. The van der Waals surface area contributed by atoms with Gasteiger partial charge in [0, 0.05) is 0 Å². The minimum Gasteiger partial charge on any atom is -0.493 e. The van der Waals surface area contributed by atoms with Crippen molar-refractivity contribution < 1.29 is 14.6 Å². The van der Waals surface area contributed by atoms with Gasteiger partial charge in [-0.3, -0.25) is 0 Å². The van der Waals surface area contributed by atoms with Crippen LogP contribution in [0.5, 0.6) is 11.5 Å². The van der Waals surface area contributed by atoms with E-state index in [9.17, 15) is 5.11 Å². The second-order valence-corrected chi connectivity index (χ2v) is 6.18.